The van der Waals surface area contributed by atoms with Crippen LogP contribution in [-0.4, -0.2) is 20.0 Å². The fraction of sp³-hybridized carbons (Fsp3) is 0.353. The van der Waals surface area contributed by atoms with Crippen LogP contribution in [0.4, 0.5) is 13.2 Å². The minimum Gasteiger partial charge on any atom is -0.423 e. The Morgan fingerprint density at radius 2 is 1.81 bits per heavy atom. The van der Waals surface area contributed by atoms with Crippen molar-refractivity contribution in [2.75, 3.05) is 0 Å². The smallest absolute Gasteiger partial charge is 0.423 e. The molecule has 3 aromatic rings. The average Bonchev–Trinajstić information content (AvgIpc) is 3.18. The highest BCUT2D eigenvalue weighted by Gasteiger charge is 2.38. The summed E-state index contributed by atoms with van der Waals surface area (Å²) < 4.78 is 45.7. The topological polar surface area (TPSA) is 56.7 Å². The first-order valence-corrected chi connectivity index (χ1v) is 8.47. The third-order valence-electron chi connectivity index (χ3n) is 4.16. The van der Waals surface area contributed by atoms with Gasteiger partial charge in [0.15, 0.2) is 5.69 Å². The fourth-order valence-electron chi connectivity index (χ4n) is 2.73. The molecule has 1 saturated carbocycles. The van der Waals surface area contributed by atoms with E-state index in [1.807, 2.05) is 12.1 Å². The Morgan fingerprint density at radius 1 is 1.12 bits per heavy atom. The highest BCUT2D eigenvalue weighted by atomic mass is 35.5. The molecule has 2 aromatic heterocycles. The van der Waals surface area contributed by atoms with E-state index in [1.165, 1.54) is 4.68 Å². The van der Waals surface area contributed by atoms with Crippen LogP contribution in [0.2, 0.25) is 5.02 Å². The summed E-state index contributed by atoms with van der Waals surface area (Å²) in [5.74, 6) is 0.737. The molecule has 0 unspecified atom stereocenters. The normalized spacial score (nSPS) is 14.8. The largest absolute Gasteiger partial charge is 0.435 e. The van der Waals surface area contributed by atoms with Crippen LogP contribution in [0.1, 0.15) is 47.5 Å². The van der Waals surface area contributed by atoms with Crippen LogP contribution in [0.15, 0.2) is 34.7 Å². The molecule has 0 atom stereocenters. The Balaban J connectivity index is 1.52. The van der Waals surface area contributed by atoms with Gasteiger partial charge >= 0.3 is 6.18 Å². The monoisotopic (exact) mass is 382 g/mol. The van der Waals surface area contributed by atoms with E-state index in [1.54, 1.807) is 12.1 Å². The van der Waals surface area contributed by atoms with E-state index in [0.717, 1.165) is 24.5 Å². The highest BCUT2D eigenvalue weighted by molar-refractivity contribution is 6.30. The summed E-state index contributed by atoms with van der Waals surface area (Å²) in [5, 5.41) is 12.2. The molecule has 136 valence electrons. The van der Waals surface area contributed by atoms with Crippen LogP contribution in [0, 0.1) is 0 Å². The molecule has 0 N–H and O–H groups in total. The van der Waals surface area contributed by atoms with Gasteiger partial charge < -0.3 is 4.42 Å². The number of aromatic nitrogens is 4. The van der Waals surface area contributed by atoms with Crippen molar-refractivity contribution in [2.45, 2.75) is 37.9 Å². The van der Waals surface area contributed by atoms with Crippen molar-refractivity contribution < 1.29 is 17.6 Å². The number of alkyl halides is 3. The maximum Gasteiger partial charge on any atom is 0.435 e. The predicted octanol–water partition coefficient (Wildman–Crippen LogP) is 4.45. The first kappa shape index (κ1) is 17.1. The molecule has 0 spiro atoms. The van der Waals surface area contributed by atoms with Gasteiger partial charge in [-0.25, -0.2) is 0 Å². The molecule has 0 aliphatic heterocycles. The Kier molecular flexibility index (Phi) is 4.22. The molecular formula is C17H14ClF3N4O. The van der Waals surface area contributed by atoms with Crippen LogP contribution < -0.4 is 0 Å². The lowest BCUT2D eigenvalue weighted by molar-refractivity contribution is -0.141. The second kappa shape index (κ2) is 6.42. The Bertz CT molecular complexity index is 913. The van der Waals surface area contributed by atoms with Crippen LogP contribution in [0.3, 0.4) is 0 Å². The molecule has 0 bridgehead atoms. The lowest BCUT2D eigenvalue weighted by Gasteiger charge is -2.03. The van der Waals surface area contributed by atoms with Crippen molar-refractivity contribution in [1.29, 1.82) is 0 Å². The number of hydrogen-bond acceptors (Lipinski definition) is 4. The quantitative estimate of drug-likeness (QED) is 0.654. The van der Waals surface area contributed by atoms with Crippen molar-refractivity contribution >= 4 is 11.6 Å². The van der Waals surface area contributed by atoms with Crippen LogP contribution in [0.25, 0.3) is 0 Å². The average molecular weight is 383 g/mol. The molecule has 1 aliphatic rings. The van der Waals surface area contributed by atoms with Crippen molar-refractivity contribution in [3.05, 3.63) is 64.1 Å². The standard InChI is InChI=1S/C17H14ClF3N4O/c18-12-5-1-10(2-6-12)7-15-22-23-16(26-15)9-25-13(11-3-4-11)8-14(24-25)17(19,20)21/h1-2,5-6,8,11H,3-4,7,9H2. The fourth-order valence-corrected chi connectivity index (χ4v) is 2.86. The molecule has 1 aromatic carbocycles. The van der Waals surface area contributed by atoms with E-state index < -0.39 is 11.9 Å². The number of rotatable bonds is 5. The summed E-state index contributed by atoms with van der Waals surface area (Å²) in [7, 11) is 0. The minimum atomic E-state index is -4.47. The first-order chi connectivity index (χ1) is 12.4. The summed E-state index contributed by atoms with van der Waals surface area (Å²) in [6.07, 6.45) is -2.31. The number of nitrogens with zero attached hydrogens (tertiary/aromatic N) is 4. The lowest BCUT2D eigenvalue weighted by Crippen LogP contribution is -2.09. The van der Waals surface area contributed by atoms with E-state index in [0.29, 0.717) is 23.0 Å². The molecule has 1 fully saturated rings. The third kappa shape index (κ3) is 3.75. The summed E-state index contributed by atoms with van der Waals surface area (Å²) in [4.78, 5) is 0. The summed E-state index contributed by atoms with van der Waals surface area (Å²) >= 11 is 5.85. The van der Waals surface area contributed by atoms with Gasteiger partial charge in [-0.3, -0.25) is 4.68 Å². The molecule has 1 aliphatic carbocycles. The molecule has 2 heterocycles. The van der Waals surface area contributed by atoms with E-state index in [4.69, 9.17) is 16.0 Å². The van der Waals surface area contributed by atoms with Crippen molar-refractivity contribution in [3.8, 4) is 0 Å². The van der Waals surface area contributed by atoms with Gasteiger partial charge in [0.1, 0.15) is 6.54 Å². The molecular weight excluding hydrogens is 369 g/mol. The SMILES string of the molecule is FC(F)(F)c1cc(C2CC2)n(Cc2nnc(Cc3ccc(Cl)cc3)o2)n1. The lowest BCUT2D eigenvalue weighted by atomic mass is 10.1. The number of hydrogen-bond donors (Lipinski definition) is 0. The van der Waals surface area contributed by atoms with Crippen LogP contribution in [0.5, 0.6) is 0 Å². The van der Waals surface area contributed by atoms with Crippen molar-refractivity contribution in [3.63, 3.8) is 0 Å². The zero-order valence-corrected chi connectivity index (χ0v) is 14.3. The minimum absolute atomic E-state index is 0.0233. The zero-order valence-electron chi connectivity index (χ0n) is 13.5. The van der Waals surface area contributed by atoms with Gasteiger partial charge in [0, 0.05) is 16.6 Å². The summed E-state index contributed by atoms with van der Waals surface area (Å²) in [6.45, 7) is 0.0233. The van der Waals surface area contributed by atoms with Gasteiger partial charge in [-0.15, -0.1) is 10.2 Å². The molecule has 0 saturated heterocycles. The summed E-state index contributed by atoms with van der Waals surface area (Å²) in [5.41, 5.74) is 0.622. The van der Waals surface area contributed by atoms with Gasteiger partial charge in [0.2, 0.25) is 11.8 Å². The zero-order chi connectivity index (χ0) is 18.3. The first-order valence-electron chi connectivity index (χ1n) is 8.09. The van der Waals surface area contributed by atoms with Crippen molar-refractivity contribution in [2.24, 2.45) is 0 Å². The maximum atomic E-state index is 12.9. The third-order valence-corrected chi connectivity index (χ3v) is 4.41. The Morgan fingerprint density at radius 3 is 2.46 bits per heavy atom. The van der Waals surface area contributed by atoms with Crippen LogP contribution >= 0.6 is 11.6 Å². The Labute approximate surface area is 151 Å². The second-order valence-electron chi connectivity index (χ2n) is 6.28. The molecule has 9 heteroatoms. The number of halogens is 4. The number of benzene rings is 1. The van der Waals surface area contributed by atoms with Gasteiger partial charge in [-0.05, 0) is 36.6 Å². The van der Waals surface area contributed by atoms with Gasteiger partial charge in [-0.1, -0.05) is 23.7 Å². The second-order valence-corrected chi connectivity index (χ2v) is 6.71. The predicted molar refractivity (Wildman–Crippen MR) is 86.9 cm³/mol. The molecule has 4 rings (SSSR count). The summed E-state index contributed by atoms with van der Waals surface area (Å²) in [6, 6.07) is 8.33. The van der Waals surface area contributed by atoms with E-state index in [-0.39, 0.29) is 18.4 Å². The van der Waals surface area contributed by atoms with E-state index in [2.05, 4.69) is 15.3 Å². The molecule has 5 nitrogen and oxygen atoms in total. The van der Waals surface area contributed by atoms with E-state index in [9.17, 15) is 13.2 Å². The van der Waals surface area contributed by atoms with Crippen LogP contribution in [-0.2, 0) is 19.1 Å². The van der Waals surface area contributed by atoms with E-state index >= 15 is 0 Å². The highest BCUT2D eigenvalue weighted by Crippen LogP contribution is 2.42. The molecule has 0 amide bonds. The molecule has 0 radical (unpaired) electrons. The van der Waals surface area contributed by atoms with Gasteiger partial charge in [-0.2, -0.15) is 18.3 Å². The van der Waals surface area contributed by atoms with Gasteiger partial charge in [0.25, 0.3) is 0 Å². The maximum absolute atomic E-state index is 12.9. The van der Waals surface area contributed by atoms with Gasteiger partial charge in [0.05, 0.1) is 6.42 Å². The Hall–Kier alpha value is -2.35. The molecule has 26 heavy (non-hydrogen) atoms. The van der Waals surface area contributed by atoms with Crippen molar-refractivity contribution in [1.82, 2.24) is 20.0 Å².